The fourth-order valence-electron chi connectivity index (χ4n) is 11.3. The summed E-state index contributed by atoms with van der Waals surface area (Å²) >= 11 is 0. The van der Waals surface area contributed by atoms with E-state index in [1.807, 2.05) is 33.3 Å². The number of hydrogen-bond acceptors (Lipinski definition) is 7. The molecule has 0 aromatic carbocycles. The van der Waals surface area contributed by atoms with Crippen molar-refractivity contribution in [1.29, 1.82) is 0 Å². The molecular formula is C75H145N2O7P. The first-order valence-electron chi connectivity index (χ1n) is 37.3. The molecule has 0 aromatic heterocycles. The van der Waals surface area contributed by atoms with Crippen molar-refractivity contribution in [2.24, 2.45) is 0 Å². The number of nitrogens with one attached hydrogen (secondary N) is 1. The molecular weight excluding hydrogens is 1070 g/mol. The number of carbonyl (C=O) groups excluding carboxylic acids is 2. The van der Waals surface area contributed by atoms with Gasteiger partial charge in [-0.2, -0.15) is 0 Å². The fraction of sp³-hybridized carbons (Fsp3) is 0.893. The van der Waals surface area contributed by atoms with Crippen molar-refractivity contribution >= 4 is 19.7 Å². The number of likely N-dealkylation sites (N-methyl/N-ethyl adjacent to an activating group) is 1. The average molecular weight is 1220 g/mol. The molecule has 85 heavy (non-hydrogen) atoms. The van der Waals surface area contributed by atoms with Gasteiger partial charge < -0.3 is 28.5 Å². The number of hydrogen-bond donors (Lipinski definition) is 1. The van der Waals surface area contributed by atoms with Crippen LogP contribution in [0.1, 0.15) is 380 Å². The quantitative estimate of drug-likeness (QED) is 0.0212. The first-order valence-corrected chi connectivity index (χ1v) is 38.8. The first kappa shape index (κ1) is 83.2. The van der Waals surface area contributed by atoms with E-state index in [-0.39, 0.29) is 31.5 Å². The van der Waals surface area contributed by atoms with Crippen LogP contribution in [0.25, 0.3) is 0 Å². The first-order chi connectivity index (χ1) is 41.4. The zero-order valence-corrected chi connectivity index (χ0v) is 58.5. The number of esters is 1. The Balaban J connectivity index is 4.99. The molecule has 1 N–H and O–H groups in total. The summed E-state index contributed by atoms with van der Waals surface area (Å²) in [5.74, 6) is -0.522. The van der Waals surface area contributed by atoms with Gasteiger partial charge in [-0.1, -0.05) is 321 Å². The second-order valence-electron chi connectivity index (χ2n) is 26.8. The number of rotatable bonds is 69. The maximum Gasteiger partial charge on any atom is 0.306 e. The molecule has 0 aliphatic carbocycles. The minimum absolute atomic E-state index is 0.0196. The Morgan fingerprint density at radius 1 is 0.400 bits per heavy atom. The Morgan fingerprint density at radius 3 is 1.00 bits per heavy atom. The molecule has 3 atom stereocenters. The van der Waals surface area contributed by atoms with Gasteiger partial charge in [0.25, 0.3) is 7.82 Å². The minimum atomic E-state index is -4.70. The molecule has 9 nitrogen and oxygen atoms in total. The van der Waals surface area contributed by atoms with E-state index in [0.29, 0.717) is 17.4 Å². The molecule has 0 saturated heterocycles. The van der Waals surface area contributed by atoms with Gasteiger partial charge in [0.1, 0.15) is 19.3 Å². The summed E-state index contributed by atoms with van der Waals surface area (Å²) in [4.78, 5) is 40.2. The predicted molar refractivity (Wildman–Crippen MR) is 367 cm³/mol. The SMILES string of the molecule is CCCCCCCC/C=C/CCCCCCCCCCCCCCCCCCCC(=O)NC(COP(=O)([O-])OCC[N+](C)(C)C)C(/C=C\CCCCCCCCCCCCC)OC(=O)CCCCCCCCCCC/C=C/CCCCCCCC. The number of quaternary nitrogens is 1. The van der Waals surface area contributed by atoms with E-state index < -0.39 is 20.0 Å². The van der Waals surface area contributed by atoms with Crippen molar-refractivity contribution in [1.82, 2.24) is 5.32 Å². The maximum absolute atomic E-state index is 13.6. The molecule has 0 bridgehead atoms. The van der Waals surface area contributed by atoms with Crippen molar-refractivity contribution in [3.05, 3.63) is 36.5 Å². The molecule has 0 aliphatic rings. The highest BCUT2D eigenvalue weighted by Crippen LogP contribution is 2.38. The topological polar surface area (TPSA) is 114 Å². The molecule has 0 spiro atoms. The Hall–Kier alpha value is -1.77. The zero-order chi connectivity index (χ0) is 62.1. The number of carbonyl (C=O) groups is 2. The second-order valence-corrected chi connectivity index (χ2v) is 28.2. The van der Waals surface area contributed by atoms with Crippen LogP contribution in [0.2, 0.25) is 0 Å². The standard InChI is InChI=1S/C75H145N2O7P/c1-7-10-13-16-19-22-25-28-30-32-34-35-36-37-38-39-40-41-43-44-46-49-52-55-58-61-64-67-74(78)76-72(71-83-85(80,81)82-70-69-77(4,5)6)73(66-63-60-57-54-51-48-27-24-21-18-15-12-9-3)84-75(79)68-65-62-59-56-53-50-47-45-42-33-31-29-26-23-20-17-14-11-8-2/h28-31,63,66,72-73H,7-27,32-62,64-65,67-71H2,1-6H3,(H-,76,78,80,81)/b30-28+,31-29+,66-63-. The van der Waals surface area contributed by atoms with Gasteiger partial charge in [-0.25, -0.2) is 0 Å². The molecule has 0 aromatic rings. The molecule has 10 heteroatoms. The lowest BCUT2D eigenvalue weighted by molar-refractivity contribution is -0.870. The number of unbranched alkanes of at least 4 members (excludes halogenated alkanes) is 49. The van der Waals surface area contributed by atoms with Crippen molar-refractivity contribution < 1.29 is 37.3 Å². The Bertz CT molecular complexity index is 1550. The lowest BCUT2D eigenvalue weighted by atomic mass is 10.0. The van der Waals surface area contributed by atoms with Crippen molar-refractivity contribution in [2.75, 3.05) is 40.9 Å². The smallest absolute Gasteiger partial charge is 0.306 e. The predicted octanol–water partition coefficient (Wildman–Crippen LogP) is 23.2. The van der Waals surface area contributed by atoms with Gasteiger partial charge in [0, 0.05) is 12.8 Å². The molecule has 502 valence electrons. The van der Waals surface area contributed by atoms with Crippen LogP contribution in [-0.2, 0) is 27.9 Å². The molecule has 0 rings (SSSR count). The molecule has 0 fully saturated rings. The number of amides is 1. The van der Waals surface area contributed by atoms with Gasteiger partial charge in [0.15, 0.2) is 0 Å². The Morgan fingerprint density at radius 2 is 0.682 bits per heavy atom. The van der Waals surface area contributed by atoms with Gasteiger partial charge in [0.05, 0.1) is 33.8 Å². The Labute approximate surface area is 529 Å². The van der Waals surface area contributed by atoms with Crippen LogP contribution in [0.3, 0.4) is 0 Å². The minimum Gasteiger partial charge on any atom is -0.756 e. The molecule has 0 saturated carbocycles. The normalized spacial score (nSPS) is 13.6. The molecule has 1 amide bonds. The number of nitrogens with zero attached hydrogens (tertiary/aromatic N) is 1. The van der Waals surface area contributed by atoms with E-state index >= 15 is 0 Å². The van der Waals surface area contributed by atoms with Crippen LogP contribution in [0.4, 0.5) is 0 Å². The summed E-state index contributed by atoms with van der Waals surface area (Å²) in [6.07, 6.45) is 81.3. The van der Waals surface area contributed by atoms with E-state index in [1.165, 1.54) is 289 Å². The monoisotopic (exact) mass is 1220 g/mol. The van der Waals surface area contributed by atoms with Crippen molar-refractivity contribution in [3.63, 3.8) is 0 Å². The van der Waals surface area contributed by atoms with Crippen molar-refractivity contribution in [3.8, 4) is 0 Å². The Kier molecular flexibility index (Phi) is 63.8. The molecule has 3 unspecified atom stereocenters. The molecule has 0 heterocycles. The second kappa shape index (κ2) is 65.2. The van der Waals surface area contributed by atoms with Crippen LogP contribution >= 0.6 is 7.82 Å². The third kappa shape index (κ3) is 66.5. The highest BCUT2D eigenvalue weighted by atomic mass is 31.2. The van der Waals surface area contributed by atoms with Crippen molar-refractivity contribution in [2.45, 2.75) is 392 Å². The number of allylic oxidation sites excluding steroid dienone is 5. The maximum atomic E-state index is 13.6. The van der Waals surface area contributed by atoms with E-state index in [0.717, 1.165) is 57.8 Å². The summed E-state index contributed by atoms with van der Waals surface area (Å²) in [5.41, 5.74) is 0. The van der Waals surface area contributed by atoms with Gasteiger partial charge in [-0.15, -0.1) is 0 Å². The summed E-state index contributed by atoms with van der Waals surface area (Å²) in [7, 11) is 1.20. The van der Waals surface area contributed by atoms with Crippen LogP contribution < -0.4 is 10.2 Å². The number of ether oxygens (including phenoxy) is 1. The lowest BCUT2D eigenvalue weighted by Gasteiger charge is -2.30. The van der Waals surface area contributed by atoms with E-state index in [9.17, 15) is 19.0 Å². The summed E-state index contributed by atoms with van der Waals surface area (Å²) in [5, 5.41) is 3.05. The largest absolute Gasteiger partial charge is 0.756 e. The van der Waals surface area contributed by atoms with Gasteiger partial charge in [0.2, 0.25) is 5.91 Å². The van der Waals surface area contributed by atoms with Gasteiger partial charge in [-0.05, 0) is 83.1 Å². The van der Waals surface area contributed by atoms with Gasteiger partial charge in [-0.3, -0.25) is 14.2 Å². The van der Waals surface area contributed by atoms with E-state index in [4.69, 9.17) is 13.8 Å². The van der Waals surface area contributed by atoms with Crippen LogP contribution in [0.5, 0.6) is 0 Å². The van der Waals surface area contributed by atoms with Crippen LogP contribution in [0.15, 0.2) is 36.5 Å². The average Bonchev–Trinajstić information content (AvgIpc) is 3.53. The molecule has 0 radical (unpaired) electrons. The highest BCUT2D eigenvalue weighted by Gasteiger charge is 2.27. The van der Waals surface area contributed by atoms with E-state index in [2.05, 4.69) is 50.4 Å². The highest BCUT2D eigenvalue weighted by molar-refractivity contribution is 7.45. The third-order valence-corrected chi connectivity index (χ3v) is 18.0. The fourth-order valence-corrected chi connectivity index (χ4v) is 12.0. The van der Waals surface area contributed by atoms with E-state index in [1.54, 1.807) is 0 Å². The zero-order valence-electron chi connectivity index (χ0n) is 57.6. The third-order valence-electron chi connectivity index (χ3n) is 17.0. The lowest BCUT2D eigenvalue weighted by Crippen LogP contribution is -2.47. The van der Waals surface area contributed by atoms with Crippen LogP contribution in [0, 0.1) is 0 Å². The molecule has 0 aliphatic heterocycles. The summed E-state index contributed by atoms with van der Waals surface area (Å²) in [6.45, 7) is 6.90. The summed E-state index contributed by atoms with van der Waals surface area (Å²) < 4.78 is 30.5. The number of phosphoric acid groups is 1. The summed E-state index contributed by atoms with van der Waals surface area (Å²) in [6, 6.07) is -0.887. The van der Waals surface area contributed by atoms with Crippen LogP contribution in [-0.4, -0.2) is 69.4 Å². The number of phosphoric ester groups is 1. The van der Waals surface area contributed by atoms with Gasteiger partial charge >= 0.3 is 5.97 Å².